The number of piperazine rings is 1. The van der Waals surface area contributed by atoms with Crippen LogP contribution in [0.5, 0.6) is 0 Å². The Morgan fingerprint density at radius 1 is 1.03 bits per heavy atom. The number of fused-ring (bicyclic) bond motifs is 1. The molecule has 0 spiro atoms. The van der Waals surface area contributed by atoms with E-state index in [1.807, 2.05) is 0 Å². The molecule has 7 heteroatoms. The van der Waals surface area contributed by atoms with Crippen LogP contribution in [-0.4, -0.2) is 61.5 Å². The summed E-state index contributed by atoms with van der Waals surface area (Å²) in [6, 6.07) is 12.7. The van der Waals surface area contributed by atoms with Crippen LogP contribution in [0.15, 0.2) is 42.5 Å². The first-order chi connectivity index (χ1) is 13.7. The summed E-state index contributed by atoms with van der Waals surface area (Å²) in [6.45, 7) is 7.35. The number of halogens is 2. The van der Waals surface area contributed by atoms with Crippen LogP contribution in [0.2, 0.25) is 0 Å². The highest BCUT2D eigenvalue weighted by Gasteiger charge is 2.20. The Labute approximate surface area is 177 Å². The third-order valence-electron chi connectivity index (χ3n) is 5.62. The number of nitrogens with zero attached hydrogens (tertiary/aromatic N) is 2. The van der Waals surface area contributed by atoms with Crippen molar-refractivity contribution in [2.24, 2.45) is 0 Å². The van der Waals surface area contributed by atoms with Gasteiger partial charge in [0.25, 0.3) is 5.91 Å². The maximum atomic E-state index is 13.6. The van der Waals surface area contributed by atoms with Crippen molar-refractivity contribution < 1.29 is 9.18 Å². The van der Waals surface area contributed by atoms with E-state index in [1.165, 1.54) is 28.9 Å². The Hall–Kier alpha value is -2.15. The van der Waals surface area contributed by atoms with Crippen LogP contribution in [0.25, 0.3) is 0 Å². The second-order valence-electron chi connectivity index (χ2n) is 7.48. The van der Waals surface area contributed by atoms with Crippen molar-refractivity contribution in [2.75, 3.05) is 51.1 Å². The van der Waals surface area contributed by atoms with Crippen LogP contribution in [0.4, 0.5) is 10.1 Å². The number of hydrogen-bond donors (Lipinski definition) is 2. The van der Waals surface area contributed by atoms with Crippen molar-refractivity contribution in [1.82, 2.24) is 15.1 Å². The number of para-hydroxylation sites is 1. The molecule has 2 aliphatic heterocycles. The molecule has 1 saturated heterocycles. The van der Waals surface area contributed by atoms with Gasteiger partial charge in [0, 0.05) is 58.0 Å². The number of amides is 1. The maximum absolute atomic E-state index is 13.6. The summed E-state index contributed by atoms with van der Waals surface area (Å²) in [6.07, 6.45) is 1.12. The zero-order valence-electron chi connectivity index (χ0n) is 16.5. The van der Waals surface area contributed by atoms with E-state index in [-0.39, 0.29) is 23.9 Å². The van der Waals surface area contributed by atoms with Gasteiger partial charge in [0.1, 0.15) is 5.82 Å². The Morgan fingerprint density at radius 2 is 1.79 bits per heavy atom. The van der Waals surface area contributed by atoms with Crippen LogP contribution < -0.4 is 10.6 Å². The standard InChI is InChI=1S/C22H27FN4O.ClH/c23-20-7-2-1-6-19(20)22(28)25-10-11-26-12-14-27(15-13-26)16-18-5-3-4-17-8-9-24-21(17)18;/h1-7,24H,8-16H2,(H,25,28);1H. The van der Waals surface area contributed by atoms with E-state index in [9.17, 15) is 9.18 Å². The number of hydrogen-bond acceptors (Lipinski definition) is 4. The molecule has 1 fully saturated rings. The molecule has 2 N–H and O–H groups in total. The Kier molecular flexibility index (Phi) is 7.47. The van der Waals surface area contributed by atoms with E-state index in [2.05, 4.69) is 38.6 Å². The summed E-state index contributed by atoms with van der Waals surface area (Å²) < 4.78 is 13.6. The second kappa shape index (κ2) is 10.1. The van der Waals surface area contributed by atoms with Crippen molar-refractivity contribution >= 4 is 24.0 Å². The normalized spacial score (nSPS) is 16.6. The summed E-state index contributed by atoms with van der Waals surface area (Å²) in [5.74, 6) is -0.822. The van der Waals surface area contributed by atoms with Gasteiger partial charge in [0.05, 0.1) is 5.56 Å². The third-order valence-corrected chi connectivity index (χ3v) is 5.62. The minimum absolute atomic E-state index is 0. The second-order valence-corrected chi connectivity index (χ2v) is 7.48. The van der Waals surface area contributed by atoms with Crippen LogP contribution in [-0.2, 0) is 13.0 Å². The number of carbonyl (C=O) groups is 1. The lowest BCUT2D eigenvalue weighted by molar-refractivity contribution is 0.0930. The van der Waals surface area contributed by atoms with Gasteiger partial charge < -0.3 is 10.6 Å². The molecule has 5 nitrogen and oxygen atoms in total. The lowest BCUT2D eigenvalue weighted by Crippen LogP contribution is -2.48. The van der Waals surface area contributed by atoms with Gasteiger partial charge >= 0.3 is 0 Å². The van der Waals surface area contributed by atoms with E-state index in [0.29, 0.717) is 6.54 Å². The smallest absolute Gasteiger partial charge is 0.254 e. The zero-order chi connectivity index (χ0) is 19.3. The molecular weight excluding hydrogens is 391 g/mol. The molecule has 2 aromatic rings. The predicted octanol–water partition coefficient (Wildman–Crippen LogP) is 2.76. The first kappa shape index (κ1) is 21.6. The molecule has 156 valence electrons. The van der Waals surface area contributed by atoms with Gasteiger partial charge in [0.2, 0.25) is 0 Å². The summed E-state index contributed by atoms with van der Waals surface area (Å²) in [5.41, 5.74) is 4.26. The first-order valence-electron chi connectivity index (χ1n) is 10.0. The largest absolute Gasteiger partial charge is 0.384 e. The Morgan fingerprint density at radius 3 is 2.59 bits per heavy atom. The highest BCUT2D eigenvalue weighted by molar-refractivity contribution is 5.94. The molecule has 4 rings (SSSR count). The molecule has 0 saturated carbocycles. The maximum Gasteiger partial charge on any atom is 0.254 e. The molecule has 0 aromatic heterocycles. The summed E-state index contributed by atoms with van der Waals surface area (Å²) in [7, 11) is 0. The first-order valence-corrected chi connectivity index (χ1v) is 10.0. The van der Waals surface area contributed by atoms with Crippen molar-refractivity contribution in [3.05, 3.63) is 65.0 Å². The Bertz CT molecular complexity index is 839. The van der Waals surface area contributed by atoms with Gasteiger partial charge in [0.15, 0.2) is 0 Å². The molecule has 0 aliphatic carbocycles. The zero-order valence-corrected chi connectivity index (χ0v) is 17.3. The molecular formula is C22H28ClFN4O. The topological polar surface area (TPSA) is 47.6 Å². The van der Waals surface area contributed by atoms with Crippen LogP contribution in [0.3, 0.4) is 0 Å². The van der Waals surface area contributed by atoms with E-state index in [1.54, 1.807) is 12.1 Å². The lowest BCUT2D eigenvalue weighted by atomic mass is 10.1. The molecule has 0 bridgehead atoms. The lowest BCUT2D eigenvalue weighted by Gasteiger charge is -2.35. The van der Waals surface area contributed by atoms with Gasteiger partial charge in [-0.1, -0.05) is 30.3 Å². The number of carbonyl (C=O) groups excluding carboxylic acids is 1. The SMILES string of the molecule is Cl.O=C(NCCN1CCN(Cc2cccc3c2NCC3)CC1)c1ccccc1F. The van der Waals surface area contributed by atoms with Gasteiger partial charge in [-0.15, -0.1) is 12.4 Å². The summed E-state index contributed by atoms with van der Waals surface area (Å²) >= 11 is 0. The fourth-order valence-corrected chi connectivity index (χ4v) is 4.02. The molecule has 0 unspecified atom stereocenters. The van der Waals surface area contributed by atoms with Crippen molar-refractivity contribution in [3.63, 3.8) is 0 Å². The van der Waals surface area contributed by atoms with Gasteiger partial charge in [-0.05, 0) is 29.7 Å². The summed E-state index contributed by atoms with van der Waals surface area (Å²) in [4.78, 5) is 16.9. The average Bonchev–Trinajstić information content (AvgIpc) is 3.19. The fourth-order valence-electron chi connectivity index (χ4n) is 4.02. The quantitative estimate of drug-likeness (QED) is 0.757. The highest BCUT2D eigenvalue weighted by atomic mass is 35.5. The highest BCUT2D eigenvalue weighted by Crippen LogP contribution is 2.27. The van der Waals surface area contributed by atoms with E-state index >= 15 is 0 Å². The fraction of sp³-hybridized carbons (Fsp3) is 0.409. The minimum atomic E-state index is -0.476. The molecule has 2 heterocycles. The molecule has 29 heavy (non-hydrogen) atoms. The predicted molar refractivity (Wildman–Crippen MR) is 116 cm³/mol. The molecule has 2 aliphatic rings. The van der Waals surface area contributed by atoms with Crippen molar-refractivity contribution in [2.45, 2.75) is 13.0 Å². The van der Waals surface area contributed by atoms with E-state index in [0.717, 1.165) is 52.2 Å². The average molecular weight is 419 g/mol. The molecule has 2 aromatic carbocycles. The van der Waals surface area contributed by atoms with Gasteiger partial charge in [-0.25, -0.2) is 4.39 Å². The summed E-state index contributed by atoms with van der Waals surface area (Å²) in [5, 5.41) is 6.34. The number of nitrogens with one attached hydrogen (secondary N) is 2. The number of benzene rings is 2. The van der Waals surface area contributed by atoms with Crippen molar-refractivity contribution in [3.8, 4) is 0 Å². The minimum Gasteiger partial charge on any atom is -0.384 e. The number of anilines is 1. The van der Waals surface area contributed by atoms with Gasteiger partial charge in [-0.3, -0.25) is 14.6 Å². The van der Waals surface area contributed by atoms with Crippen LogP contribution >= 0.6 is 12.4 Å². The third kappa shape index (κ3) is 5.26. The molecule has 0 atom stereocenters. The van der Waals surface area contributed by atoms with Crippen LogP contribution in [0.1, 0.15) is 21.5 Å². The van der Waals surface area contributed by atoms with Gasteiger partial charge in [-0.2, -0.15) is 0 Å². The Balaban J connectivity index is 0.00000240. The molecule has 1 amide bonds. The molecule has 0 radical (unpaired) electrons. The van der Waals surface area contributed by atoms with E-state index < -0.39 is 5.82 Å². The van der Waals surface area contributed by atoms with E-state index in [4.69, 9.17) is 0 Å². The monoisotopic (exact) mass is 418 g/mol. The van der Waals surface area contributed by atoms with Crippen molar-refractivity contribution in [1.29, 1.82) is 0 Å². The number of rotatable bonds is 6. The van der Waals surface area contributed by atoms with Crippen LogP contribution in [0, 0.1) is 5.82 Å².